The first kappa shape index (κ1) is 18.6. The van der Waals surface area contributed by atoms with Crippen molar-refractivity contribution in [2.24, 2.45) is 5.92 Å². The molecule has 0 aliphatic heterocycles. The molecule has 0 aliphatic carbocycles. The molecule has 0 radical (unpaired) electrons. The van der Waals surface area contributed by atoms with Crippen LogP contribution in [0.5, 0.6) is 0 Å². The van der Waals surface area contributed by atoms with Gasteiger partial charge in [0.05, 0.1) is 6.61 Å². The van der Waals surface area contributed by atoms with Crippen molar-refractivity contribution in [1.29, 1.82) is 0 Å². The van der Waals surface area contributed by atoms with Crippen LogP contribution in [0.2, 0.25) is 0 Å². The number of benzene rings is 2. The number of carbonyl (C=O) groups is 3. The maximum absolute atomic E-state index is 12.7. The van der Waals surface area contributed by atoms with Crippen molar-refractivity contribution in [1.82, 2.24) is 0 Å². The molecule has 4 heteroatoms. The van der Waals surface area contributed by atoms with Crippen LogP contribution in [0.1, 0.15) is 42.1 Å². The van der Waals surface area contributed by atoms with Gasteiger partial charge in [0.15, 0.2) is 5.78 Å². The summed E-state index contributed by atoms with van der Waals surface area (Å²) >= 11 is 0. The summed E-state index contributed by atoms with van der Waals surface area (Å²) in [4.78, 5) is 37.2. The van der Waals surface area contributed by atoms with Crippen LogP contribution in [0.25, 0.3) is 0 Å². The van der Waals surface area contributed by atoms with E-state index < -0.39 is 17.8 Å². The predicted octanol–water partition coefficient (Wildman–Crippen LogP) is 3.81. The van der Waals surface area contributed by atoms with E-state index >= 15 is 0 Å². The number of ether oxygens (including phenoxy) is 1. The average Bonchev–Trinajstić information content (AvgIpc) is 2.62. The molecule has 0 bridgehead atoms. The standard InChI is InChI=1S/C21H22O4/c1-3-25-21(24)20(15(2)22)18(16-10-6-4-7-11-16)14-19(23)17-12-8-5-9-13-17/h4-13,18,20H,3,14H2,1-2H3/t18-,20+/m0/s1. The molecule has 2 rings (SSSR count). The highest BCUT2D eigenvalue weighted by atomic mass is 16.5. The maximum Gasteiger partial charge on any atom is 0.317 e. The third kappa shape index (κ3) is 4.86. The lowest BCUT2D eigenvalue weighted by Crippen LogP contribution is -2.32. The van der Waals surface area contributed by atoms with E-state index in [0.717, 1.165) is 5.56 Å². The first-order chi connectivity index (χ1) is 12.0. The van der Waals surface area contributed by atoms with Gasteiger partial charge in [0.1, 0.15) is 11.7 Å². The van der Waals surface area contributed by atoms with E-state index in [-0.39, 0.29) is 24.6 Å². The van der Waals surface area contributed by atoms with Crippen LogP contribution < -0.4 is 0 Å². The fraction of sp³-hybridized carbons (Fsp3) is 0.286. The van der Waals surface area contributed by atoms with Gasteiger partial charge >= 0.3 is 5.97 Å². The second-order valence-electron chi connectivity index (χ2n) is 5.85. The van der Waals surface area contributed by atoms with Gasteiger partial charge < -0.3 is 4.74 Å². The summed E-state index contributed by atoms with van der Waals surface area (Å²) < 4.78 is 5.08. The van der Waals surface area contributed by atoms with Crippen molar-refractivity contribution < 1.29 is 19.1 Å². The van der Waals surface area contributed by atoms with E-state index in [4.69, 9.17) is 4.74 Å². The Morgan fingerprint density at radius 2 is 1.48 bits per heavy atom. The molecule has 2 aromatic carbocycles. The van der Waals surface area contributed by atoms with Gasteiger partial charge in [-0.05, 0) is 19.4 Å². The summed E-state index contributed by atoms with van der Waals surface area (Å²) in [6.07, 6.45) is 0.0666. The fourth-order valence-corrected chi connectivity index (χ4v) is 2.92. The second kappa shape index (κ2) is 8.92. The van der Waals surface area contributed by atoms with Crippen LogP contribution >= 0.6 is 0 Å². The van der Waals surface area contributed by atoms with E-state index in [2.05, 4.69) is 0 Å². The Morgan fingerprint density at radius 3 is 2.00 bits per heavy atom. The van der Waals surface area contributed by atoms with Gasteiger partial charge in [0.2, 0.25) is 0 Å². The molecule has 0 aromatic heterocycles. The minimum atomic E-state index is -0.991. The molecule has 0 amide bonds. The lowest BCUT2D eigenvalue weighted by atomic mass is 9.79. The number of Topliss-reactive ketones (excluding diaryl/α,β-unsaturated/α-hetero) is 2. The molecule has 0 N–H and O–H groups in total. The van der Waals surface area contributed by atoms with Crippen molar-refractivity contribution in [3.63, 3.8) is 0 Å². The molecule has 0 spiro atoms. The molecule has 2 atom stereocenters. The zero-order valence-corrected chi connectivity index (χ0v) is 14.5. The molecular weight excluding hydrogens is 316 g/mol. The number of hydrogen-bond donors (Lipinski definition) is 0. The molecule has 0 aliphatic rings. The average molecular weight is 338 g/mol. The smallest absolute Gasteiger partial charge is 0.317 e. The monoisotopic (exact) mass is 338 g/mol. The van der Waals surface area contributed by atoms with E-state index in [9.17, 15) is 14.4 Å². The number of rotatable bonds is 8. The molecular formula is C21H22O4. The Kier molecular flexibility index (Phi) is 6.63. The molecule has 0 heterocycles. The predicted molar refractivity (Wildman–Crippen MR) is 95.4 cm³/mol. The van der Waals surface area contributed by atoms with Crippen molar-refractivity contribution in [3.05, 3.63) is 71.8 Å². The minimum absolute atomic E-state index is 0.0666. The lowest BCUT2D eigenvalue weighted by molar-refractivity contribution is -0.152. The van der Waals surface area contributed by atoms with Gasteiger partial charge in [0.25, 0.3) is 0 Å². The fourth-order valence-electron chi connectivity index (χ4n) is 2.92. The Morgan fingerprint density at radius 1 is 0.920 bits per heavy atom. The Balaban J connectivity index is 2.37. The van der Waals surface area contributed by atoms with Gasteiger partial charge in [-0.3, -0.25) is 14.4 Å². The van der Waals surface area contributed by atoms with Gasteiger partial charge in [-0.2, -0.15) is 0 Å². The maximum atomic E-state index is 12.7. The van der Waals surface area contributed by atoms with Crippen LogP contribution in [-0.4, -0.2) is 24.1 Å². The molecule has 0 saturated carbocycles. The zero-order chi connectivity index (χ0) is 18.2. The van der Waals surface area contributed by atoms with Crippen LogP contribution in [0.3, 0.4) is 0 Å². The van der Waals surface area contributed by atoms with E-state index in [1.54, 1.807) is 31.2 Å². The third-order valence-electron chi connectivity index (χ3n) is 4.11. The Bertz CT molecular complexity index is 722. The highest BCUT2D eigenvalue weighted by Gasteiger charge is 2.36. The number of carbonyl (C=O) groups excluding carboxylic acids is 3. The Labute approximate surface area is 147 Å². The van der Waals surface area contributed by atoms with Crippen molar-refractivity contribution in [2.45, 2.75) is 26.2 Å². The summed E-state index contributed by atoms with van der Waals surface area (Å²) in [6, 6.07) is 18.1. The van der Waals surface area contributed by atoms with Crippen molar-refractivity contribution >= 4 is 17.5 Å². The first-order valence-electron chi connectivity index (χ1n) is 8.34. The number of esters is 1. The largest absolute Gasteiger partial charge is 0.465 e. The summed E-state index contributed by atoms with van der Waals surface area (Å²) in [6.45, 7) is 3.25. The highest BCUT2D eigenvalue weighted by Crippen LogP contribution is 2.31. The topological polar surface area (TPSA) is 60.4 Å². The summed E-state index contributed by atoms with van der Waals surface area (Å²) in [5.41, 5.74) is 1.34. The van der Waals surface area contributed by atoms with E-state index in [1.807, 2.05) is 36.4 Å². The highest BCUT2D eigenvalue weighted by molar-refractivity contribution is 6.01. The molecule has 0 saturated heterocycles. The quantitative estimate of drug-likeness (QED) is 0.417. The lowest BCUT2D eigenvalue weighted by Gasteiger charge is -2.24. The Hall–Kier alpha value is -2.75. The summed E-state index contributed by atoms with van der Waals surface area (Å²) in [5, 5.41) is 0. The van der Waals surface area contributed by atoms with Crippen LogP contribution in [-0.2, 0) is 14.3 Å². The van der Waals surface area contributed by atoms with E-state index in [1.165, 1.54) is 6.92 Å². The third-order valence-corrected chi connectivity index (χ3v) is 4.11. The molecule has 0 unspecified atom stereocenters. The SMILES string of the molecule is CCOC(=O)[C@H](C(C)=O)[C@@H](CC(=O)c1ccccc1)c1ccccc1. The normalized spacial score (nSPS) is 12.9. The van der Waals surface area contributed by atoms with Crippen molar-refractivity contribution in [3.8, 4) is 0 Å². The molecule has 4 nitrogen and oxygen atoms in total. The first-order valence-corrected chi connectivity index (χ1v) is 8.34. The molecule has 130 valence electrons. The molecule has 2 aromatic rings. The van der Waals surface area contributed by atoms with Gasteiger partial charge in [-0.25, -0.2) is 0 Å². The van der Waals surface area contributed by atoms with Gasteiger partial charge in [0, 0.05) is 17.9 Å². The van der Waals surface area contributed by atoms with Gasteiger partial charge in [-0.1, -0.05) is 60.7 Å². The second-order valence-corrected chi connectivity index (χ2v) is 5.85. The number of hydrogen-bond acceptors (Lipinski definition) is 4. The zero-order valence-electron chi connectivity index (χ0n) is 14.5. The van der Waals surface area contributed by atoms with Gasteiger partial charge in [-0.15, -0.1) is 0 Å². The number of ketones is 2. The minimum Gasteiger partial charge on any atom is -0.465 e. The summed E-state index contributed by atoms with van der Waals surface area (Å²) in [7, 11) is 0. The molecule has 25 heavy (non-hydrogen) atoms. The van der Waals surface area contributed by atoms with Crippen LogP contribution in [0.15, 0.2) is 60.7 Å². The molecule has 0 fully saturated rings. The van der Waals surface area contributed by atoms with Crippen LogP contribution in [0, 0.1) is 5.92 Å². The van der Waals surface area contributed by atoms with E-state index in [0.29, 0.717) is 5.56 Å². The van der Waals surface area contributed by atoms with Crippen LogP contribution in [0.4, 0.5) is 0 Å². The summed E-state index contributed by atoms with van der Waals surface area (Å²) in [5.74, 6) is -2.52. The van der Waals surface area contributed by atoms with Crippen molar-refractivity contribution in [2.75, 3.05) is 6.61 Å².